The largest absolute Gasteiger partial charge is 0.331 e. The number of carbonyl (C=O) groups is 1. The van der Waals surface area contributed by atoms with Crippen molar-refractivity contribution in [2.45, 2.75) is 44.7 Å². The first-order valence-corrected chi connectivity index (χ1v) is 9.76. The monoisotopic (exact) mass is 367 g/mol. The quantitative estimate of drug-likeness (QED) is 0.748. The van der Waals surface area contributed by atoms with E-state index in [1.54, 1.807) is 18.2 Å². The van der Waals surface area contributed by atoms with Gasteiger partial charge >= 0.3 is 0 Å². The summed E-state index contributed by atoms with van der Waals surface area (Å²) in [7, 11) is 2.25. The van der Waals surface area contributed by atoms with Gasteiger partial charge in [-0.3, -0.25) is 4.79 Å². The molecule has 0 spiro atoms. The van der Waals surface area contributed by atoms with Gasteiger partial charge in [-0.25, -0.2) is 4.39 Å². The molecule has 4 heteroatoms. The molecule has 1 fully saturated rings. The smallest absolute Gasteiger partial charge is 0.248 e. The Morgan fingerprint density at radius 1 is 1.11 bits per heavy atom. The highest BCUT2D eigenvalue weighted by Crippen LogP contribution is 2.17. The number of amides is 1. The molecule has 3 rings (SSSR count). The third kappa shape index (κ3) is 5.76. The van der Waals surface area contributed by atoms with E-state index in [0.717, 1.165) is 23.4 Å². The number of carbonyl (C=O) groups excluding carboxylic acids is 1. The summed E-state index contributed by atoms with van der Waals surface area (Å²) in [6.45, 7) is 0.906. The molecule has 2 N–H and O–H groups in total. The van der Waals surface area contributed by atoms with Gasteiger partial charge in [-0.1, -0.05) is 36.8 Å². The van der Waals surface area contributed by atoms with E-state index < -0.39 is 0 Å². The van der Waals surface area contributed by atoms with E-state index in [4.69, 9.17) is 0 Å². The van der Waals surface area contributed by atoms with E-state index in [1.165, 1.54) is 55.2 Å². The van der Waals surface area contributed by atoms with Crippen molar-refractivity contribution in [3.05, 3.63) is 71.6 Å². The van der Waals surface area contributed by atoms with Crippen molar-refractivity contribution < 1.29 is 14.1 Å². The summed E-state index contributed by atoms with van der Waals surface area (Å²) in [4.78, 5) is 13.8. The normalized spacial score (nSPS) is 16.4. The van der Waals surface area contributed by atoms with Gasteiger partial charge in [0.05, 0.1) is 13.1 Å². The molecular weight excluding hydrogens is 339 g/mol. The standard InChI is InChI=1S/C23H27FN2O/c1-26(21-8-3-2-4-9-21)17-19-7-5-6-10-22(19)25-23(27)16-13-18-11-14-20(24)15-12-18/h5-7,10-16,21H,2-4,8-9,17H2,1H3,(H,25,27)/p+1. The zero-order chi connectivity index (χ0) is 19.1. The lowest BCUT2D eigenvalue weighted by Crippen LogP contribution is -3.11. The van der Waals surface area contributed by atoms with E-state index in [1.807, 2.05) is 18.2 Å². The zero-order valence-corrected chi connectivity index (χ0v) is 15.9. The fourth-order valence-electron chi connectivity index (χ4n) is 3.76. The van der Waals surface area contributed by atoms with E-state index >= 15 is 0 Å². The lowest BCUT2D eigenvalue weighted by atomic mass is 9.94. The van der Waals surface area contributed by atoms with Crippen molar-refractivity contribution in [3.8, 4) is 0 Å². The Hall–Kier alpha value is -2.46. The fraction of sp³-hybridized carbons (Fsp3) is 0.348. The molecule has 0 heterocycles. The third-order valence-corrected chi connectivity index (χ3v) is 5.34. The second-order valence-corrected chi connectivity index (χ2v) is 7.39. The van der Waals surface area contributed by atoms with Crippen LogP contribution < -0.4 is 10.2 Å². The van der Waals surface area contributed by atoms with Crippen molar-refractivity contribution in [1.82, 2.24) is 0 Å². The molecule has 2 aromatic rings. The number of hydrogen-bond donors (Lipinski definition) is 2. The minimum atomic E-state index is -0.282. The summed E-state index contributed by atoms with van der Waals surface area (Å²) in [5.41, 5.74) is 2.81. The van der Waals surface area contributed by atoms with Crippen LogP contribution in [0.5, 0.6) is 0 Å². The molecule has 1 atom stereocenters. The van der Waals surface area contributed by atoms with Crippen LogP contribution in [0.4, 0.5) is 10.1 Å². The summed E-state index contributed by atoms with van der Waals surface area (Å²) in [6, 6.07) is 14.8. The van der Waals surface area contributed by atoms with Crippen LogP contribution in [0.1, 0.15) is 43.2 Å². The van der Waals surface area contributed by atoms with Crippen LogP contribution in [0.2, 0.25) is 0 Å². The number of halogens is 1. The summed E-state index contributed by atoms with van der Waals surface area (Å²) < 4.78 is 13.0. The van der Waals surface area contributed by atoms with E-state index in [-0.39, 0.29) is 11.7 Å². The Bertz CT molecular complexity index is 779. The van der Waals surface area contributed by atoms with Crippen LogP contribution in [-0.4, -0.2) is 19.0 Å². The van der Waals surface area contributed by atoms with Crippen LogP contribution >= 0.6 is 0 Å². The van der Waals surface area contributed by atoms with E-state index in [0.29, 0.717) is 6.04 Å². The average molecular weight is 367 g/mol. The maximum atomic E-state index is 13.0. The van der Waals surface area contributed by atoms with Crippen molar-refractivity contribution >= 4 is 17.7 Å². The van der Waals surface area contributed by atoms with Gasteiger partial charge in [0.15, 0.2) is 0 Å². The topological polar surface area (TPSA) is 33.5 Å². The minimum Gasteiger partial charge on any atom is -0.331 e. The van der Waals surface area contributed by atoms with Gasteiger partial charge in [0.1, 0.15) is 12.4 Å². The van der Waals surface area contributed by atoms with E-state index in [2.05, 4.69) is 18.4 Å². The van der Waals surface area contributed by atoms with Gasteiger partial charge in [0.2, 0.25) is 5.91 Å². The Kier molecular flexibility index (Phi) is 6.77. The molecule has 0 aliphatic heterocycles. The van der Waals surface area contributed by atoms with Crippen molar-refractivity contribution in [3.63, 3.8) is 0 Å². The zero-order valence-electron chi connectivity index (χ0n) is 15.9. The number of quaternary nitrogens is 1. The average Bonchev–Trinajstić information content (AvgIpc) is 2.70. The Balaban J connectivity index is 1.62. The molecule has 1 amide bonds. The highest BCUT2D eigenvalue weighted by molar-refractivity contribution is 6.02. The highest BCUT2D eigenvalue weighted by Gasteiger charge is 2.22. The van der Waals surface area contributed by atoms with Crippen LogP contribution in [0.3, 0.4) is 0 Å². The summed E-state index contributed by atoms with van der Waals surface area (Å²) in [5, 5.41) is 2.99. The molecule has 3 nitrogen and oxygen atoms in total. The molecule has 0 bridgehead atoms. The van der Waals surface area contributed by atoms with Crippen molar-refractivity contribution in [2.75, 3.05) is 12.4 Å². The summed E-state index contributed by atoms with van der Waals surface area (Å²) >= 11 is 0. The molecular formula is C23H28FN2O+. The summed E-state index contributed by atoms with van der Waals surface area (Å²) in [6.07, 6.45) is 9.78. The molecule has 1 aliphatic rings. The number of rotatable bonds is 6. The molecule has 1 saturated carbocycles. The Morgan fingerprint density at radius 3 is 2.56 bits per heavy atom. The number of para-hydroxylation sites is 1. The van der Waals surface area contributed by atoms with Gasteiger partial charge in [-0.05, 0) is 55.5 Å². The lowest BCUT2D eigenvalue weighted by Gasteiger charge is -2.28. The van der Waals surface area contributed by atoms with Gasteiger partial charge in [-0.15, -0.1) is 0 Å². The first kappa shape index (κ1) is 19.3. The van der Waals surface area contributed by atoms with Crippen molar-refractivity contribution in [1.29, 1.82) is 0 Å². The van der Waals surface area contributed by atoms with Crippen LogP contribution in [0.15, 0.2) is 54.6 Å². The molecule has 1 aliphatic carbocycles. The summed E-state index contributed by atoms with van der Waals surface area (Å²) in [5.74, 6) is -0.461. The van der Waals surface area contributed by atoms with Crippen LogP contribution in [0, 0.1) is 5.82 Å². The number of anilines is 1. The second kappa shape index (κ2) is 9.47. The van der Waals surface area contributed by atoms with Gasteiger partial charge in [0.25, 0.3) is 0 Å². The predicted octanol–water partition coefficient (Wildman–Crippen LogP) is 3.83. The maximum Gasteiger partial charge on any atom is 0.248 e. The molecule has 27 heavy (non-hydrogen) atoms. The van der Waals surface area contributed by atoms with Gasteiger partial charge in [0, 0.05) is 17.3 Å². The lowest BCUT2D eigenvalue weighted by molar-refractivity contribution is -0.921. The van der Waals surface area contributed by atoms with Gasteiger partial charge < -0.3 is 10.2 Å². The first-order chi connectivity index (χ1) is 13.1. The molecule has 142 valence electrons. The van der Waals surface area contributed by atoms with E-state index in [9.17, 15) is 9.18 Å². The Labute approximate surface area is 160 Å². The SMILES string of the molecule is C[NH+](Cc1ccccc1NC(=O)C=Cc1ccc(F)cc1)C1CCCCC1. The molecule has 2 aromatic carbocycles. The first-order valence-electron chi connectivity index (χ1n) is 9.76. The number of nitrogens with one attached hydrogen (secondary N) is 2. The molecule has 0 radical (unpaired) electrons. The second-order valence-electron chi connectivity index (χ2n) is 7.39. The Morgan fingerprint density at radius 2 is 1.81 bits per heavy atom. The maximum absolute atomic E-state index is 13.0. The van der Waals surface area contributed by atoms with Gasteiger partial charge in [-0.2, -0.15) is 0 Å². The third-order valence-electron chi connectivity index (χ3n) is 5.34. The van der Waals surface area contributed by atoms with Crippen LogP contribution in [-0.2, 0) is 11.3 Å². The van der Waals surface area contributed by atoms with Crippen molar-refractivity contribution in [2.24, 2.45) is 0 Å². The number of hydrogen-bond acceptors (Lipinski definition) is 1. The molecule has 0 saturated heterocycles. The predicted molar refractivity (Wildman–Crippen MR) is 108 cm³/mol. The minimum absolute atomic E-state index is 0.179. The molecule has 0 aromatic heterocycles. The molecule has 1 unspecified atom stereocenters. The van der Waals surface area contributed by atoms with Crippen LogP contribution in [0.25, 0.3) is 6.08 Å². The highest BCUT2D eigenvalue weighted by atomic mass is 19.1. The fourth-order valence-corrected chi connectivity index (χ4v) is 3.76. The number of benzene rings is 2.